The first-order valence-electron chi connectivity index (χ1n) is 8.95. The highest BCUT2D eigenvalue weighted by atomic mass is 35.5. The molecule has 3 heterocycles. The lowest BCUT2D eigenvalue weighted by molar-refractivity contribution is -0.123. The van der Waals surface area contributed by atoms with E-state index in [1.165, 1.54) is 11.6 Å². The Balaban J connectivity index is 0.00000280. The third-order valence-corrected chi connectivity index (χ3v) is 5.70. The van der Waals surface area contributed by atoms with Crippen LogP contribution in [0.1, 0.15) is 16.9 Å². The molecule has 154 valence electrons. The highest BCUT2D eigenvalue weighted by molar-refractivity contribution is 7.09. The summed E-state index contributed by atoms with van der Waals surface area (Å²) in [6.45, 7) is 2.73. The molecule has 0 aromatic carbocycles. The summed E-state index contributed by atoms with van der Waals surface area (Å²) in [6.07, 6.45) is 2.49. The standard InChI is InChI=1S/C18H25N5O3S.ClH/c1-21-10-13(17(25)22(2)18(21)26)11-23(14-5-6-19-8-14)12-16(24)20-9-15-4-3-7-27-15;/h3-4,7,10,14,19H,5-6,8-9,11-12H2,1-2H3,(H,20,24);1H. The molecule has 1 aliphatic heterocycles. The third-order valence-electron chi connectivity index (χ3n) is 4.83. The van der Waals surface area contributed by atoms with Gasteiger partial charge in [0.2, 0.25) is 5.91 Å². The summed E-state index contributed by atoms with van der Waals surface area (Å²) in [4.78, 5) is 39.9. The maximum absolute atomic E-state index is 12.5. The molecule has 28 heavy (non-hydrogen) atoms. The van der Waals surface area contributed by atoms with Gasteiger partial charge in [-0.1, -0.05) is 6.07 Å². The monoisotopic (exact) mass is 427 g/mol. The number of aromatic nitrogens is 2. The molecule has 1 atom stereocenters. The molecule has 1 saturated heterocycles. The van der Waals surface area contributed by atoms with Crippen molar-refractivity contribution in [3.63, 3.8) is 0 Å². The van der Waals surface area contributed by atoms with E-state index in [2.05, 4.69) is 10.6 Å². The number of rotatable bonds is 7. The maximum atomic E-state index is 12.5. The van der Waals surface area contributed by atoms with E-state index in [0.29, 0.717) is 18.7 Å². The van der Waals surface area contributed by atoms with Crippen molar-refractivity contribution in [1.29, 1.82) is 0 Å². The SMILES string of the molecule is Cl.Cn1cc(CN(CC(=O)NCc2cccs2)C2CCNC2)c(=O)n(C)c1=O. The van der Waals surface area contributed by atoms with Gasteiger partial charge in [0.05, 0.1) is 13.1 Å². The summed E-state index contributed by atoms with van der Waals surface area (Å²) in [7, 11) is 3.10. The summed E-state index contributed by atoms with van der Waals surface area (Å²) in [5.41, 5.74) is -0.155. The molecular formula is C18H26ClN5O3S. The fourth-order valence-electron chi connectivity index (χ4n) is 3.31. The van der Waals surface area contributed by atoms with Crippen LogP contribution in [0.4, 0.5) is 0 Å². The molecule has 1 amide bonds. The van der Waals surface area contributed by atoms with Crippen LogP contribution in [0.15, 0.2) is 33.3 Å². The zero-order chi connectivity index (χ0) is 19.4. The highest BCUT2D eigenvalue weighted by Gasteiger charge is 2.25. The number of carbonyl (C=O) groups excluding carboxylic acids is 1. The van der Waals surface area contributed by atoms with Gasteiger partial charge >= 0.3 is 5.69 Å². The van der Waals surface area contributed by atoms with E-state index in [9.17, 15) is 14.4 Å². The number of amides is 1. The van der Waals surface area contributed by atoms with Crippen molar-refractivity contribution in [3.05, 3.63) is 55.0 Å². The average Bonchev–Trinajstić information content (AvgIpc) is 3.35. The van der Waals surface area contributed by atoms with Crippen LogP contribution in [-0.2, 0) is 32.0 Å². The largest absolute Gasteiger partial charge is 0.350 e. The van der Waals surface area contributed by atoms with Crippen LogP contribution in [0.5, 0.6) is 0 Å². The third kappa shape index (κ3) is 5.32. The second-order valence-electron chi connectivity index (χ2n) is 6.82. The minimum atomic E-state index is -0.355. The predicted octanol–water partition coefficient (Wildman–Crippen LogP) is 0.0476. The highest BCUT2D eigenvalue weighted by Crippen LogP contribution is 2.12. The van der Waals surface area contributed by atoms with Crippen LogP contribution in [0.3, 0.4) is 0 Å². The second-order valence-corrected chi connectivity index (χ2v) is 7.85. The molecule has 10 heteroatoms. The predicted molar refractivity (Wildman–Crippen MR) is 112 cm³/mol. The number of nitrogens with one attached hydrogen (secondary N) is 2. The summed E-state index contributed by atoms with van der Waals surface area (Å²) < 4.78 is 2.51. The van der Waals surface area contributed by atoms with Gasteiger partial charge in [-0.15, -0.1) is 23.7 Å². The van der Waals surface area contributed by atoms with E-state index in [1.807, 2.05) is 22.4 Å². The molecule has 1 fully saturated rings. The van der Waals surface area contributed by atoms with E-state index in [0.717, 1.165) is 29.0 Å². The van der Waals surface area contributed by atoms with E-state index >= 15 is 0 Å². The van der Waals surface area contributed by atoms with Crippen molar-refractivity contribution >= 4 is 29.7 Å². The zero-order valence-corrected chi connectivity index (χ0v) is 17.6. The van der Waals surface area contributed by atoms with Gasteiger partial charge in [-0.2, -0.15) is 0 Å². The Kier molecular flexibility index (Phi) is 7.99. The topological polar surface area (TPSA) is 88.4 Å². The lowest BCUT2D eigenvalue weighted by Gasteiger charge is -2.27. The Morgan fingerprint density at radius 3 is 2.82 bits per heavy atom. The average molecular weight is 428 g/mol. The minimum absolute atomic E-state index is 0. The number of nitrogens with zero attached hydrogens (tertiary/aromatic N) is 3. The van der Waals surface area contributed by atoms with Gasteiger partial charge in [-0.05, 0) is 24.4 Å². The van der Waals surface area contributed by atoms with E-state index in [1.54, 1.807) is 24.6 Å². The quantitative estimate of drug-likeness (QED) is 0.651. The fraction of sp³-hybridized carbons (Fsp3) is 0.500. The van der Waals surface area contributed by atoms with Crippen molar-refractivity contribution in [3.8, 4) is 0 Å². The van der Waals surface area contributed by atoms with Crippen LogP contribution in [0.2, 0.25) is 0 Å². The Labute approximate surface area is 173 Å². The van der Waals surface area contributed by atoms with Crippen molar-refractivity contribution in [2.45, 2.75) is 25.6 Å². The molecule has 1 unspecified atom stereocenters. The number of carbonyl (C=O) groups is 1. The van der Waals surface area contributed by atoms with Crippen molar-refractivity contribution in [2.75, 3.05) is 19.6 Å². The Morgan fingerprint density at radius 2 is 2.18 bits per heavy atom. The van der Waals surface area contributed by atoms with Crippen LogP contribution < -0.4 is 21.9 Å². The smallest absolute Gasteiger partial charge is 0.330 e. The van der Waals surface area contributed by atoms with Crippen molar-refractivity contribution < 1.29 is 4.79 Å². The molecule has 0 radical (unpaired) electrons. The van der Waals surface area contributed by atoms with Crippen LogP contribution in [0, 0.1) is 0 Å². The summed E-state index contributed by atoms with van der Waals surface area (Å²) in [5, 5.41) is 8.22. The van der Waals surface area contributed by atoms with Crippen LogP contribution in [-0.4, -0.2) is 45.6 Å². The van der Waals surface area contributed by atoms with E-state index in [-0.39, 0.29) is 42.1 Å². The Hall–Kier alpha value is -1.94. The first-order chi connectivity index (χ1) is 13.0. The molecular weight excluding hydrogens is 402 g/mol. The first kappa shape index (κ1) is 22.4. The van der Waals surface area contributed by atoms with Gasteiger partial charge in [0.25, 0.3) is 5.56 Å². The summed E-state index contributed by atoms with van der Waals surface area (Å²) in [5.74, 6) is -0.0723. The maximum Gasteiger partial charge on any atom is 0.330 e. The van der Waals surface area contributed by atoms with E-state index < -0.39 is 0 Å². The van der Waals surface area contributed by atoms with Crippen LogP contribution >= 0.6 is 23.7 Å². The van der Waals surface area contributed by atoms with Gasteiger partial charge in [0.15, 0.2) is 0 Å². The molecule has 0 bridgehead atoms. The van der Waals surface area contributed by atoms with E-state index in [4.69, 9.17) is 0 Å². The summed E-state index contributed by atoms with van der Waals surface area (Å²) in [6, 6.07) is 4.12. The minimum Gasteiger partial charge on any atom is -0.350 e. The van der Waals surface area contributed by atoms with Crippen molar-refractivity contribution in [2.24, 2.45) is 14.1 Å². The first-order valence-corrected chi connectivity index (χ1v) is 9.83. The zero-order valence-electron chi connectivity index (χ0n) is 16.0. The van der Waals surface area contributed by atoms with Gasteiger partial charge in [0, 0.05) is 49.9 Å². The molecule has 3 rings (SSSR count). The molecule has 8 nitrogen and oxygen atoms in total. The molecule has 0 saturated carbocycles. The fourth-order valence-corrected chi connectivity index (χ4v) is 3.96. The second kappa shape index (κ2) is 10.0. The number of hydrogen-bond donors (Lipinski definition) is 2. The normalized spacial score (nSPS) is 16.2. The van der Waals surface area contributed by atoms with Gasteiger partial charge in [-0.3, -0.25) is 19.1 Å². The van der Waals surface area contributed by atoms with Gasteiger partial charge in [-0.25, -0.2) is 4.79 Å². The lowest BCUT2D eigenvalue weighted by Crippen LogP contribution is -2.46. The molecule has 2 N–H and O–H groups in total. The number of hydrogen-bond acceptors (Lipinski definition) is 6. The number of halogens is 1. The molecule has 1 aliphatic rings. The van der Waals surface area contributed by atoms with Crippen molar-refractivity contribution in [1.82, 2.24) is 24.7 Å². The molecule has 2 aromatic rings. The molecule has 0 aliphatic carbocycles. The number of thiophene rings is 1. The van der Waals surface area contributed by atoms with Gasteiger partial charge < -0.3 is 15.2 Å². The Morgan fingerprint density at radius 1 is 1.39 bits per heavy atom. The van der Waals surface area contributed by atoms with Gasteiger partial charge in [0.1, 0.15) is 0 Å². The summed E-state index contributed by atoms with van der Waals surface area (Å²) >= 11 is 1.60. The van der Waals surface area contributed by atoms with Crippen LogP contribution in [0.25, 0.3) is 0 Å². The Bertz CT molecular complexity index is 903. The lowest BCUT2D eigenvalue weighted by atomic mass is 10.2. The molecule has 0 spiro atoms. The molecule has 2 aromatic heterocycles. The number of aryl methyl sites for hydroxylation is 1.